The Labute approximate surface area is 138 Å². The number of benzene rings is 2. The van der Waals surface area contributed by atoms with E-state index in [4.69, 9.17) is 4.74 Å². The molecule has 0 bridgehead atoms. The highest BCUT2D eigenvalue weighted by Gasteiger charge is 2.13. The van der Waals surface area contributed by atoms with Crippen molar-refractivity contribution in [1.82, 2.24) is 4.98 Å². The predicted molar refractivity (Wildman–Crippen MR) is 90.3 cm³/mol. The molecule has 0 radical (unpaired) electrons. The van der Waals surface area contributed by atoms with Gasteiger partial charge in [-0.2, -0.15) is 8.78 Å². The van der Waals surface area contributed by atoms with Crippen molar-refractivity contribution in [2.75, 3.05) is 7.11 Å². The number of hydrogen-bond donors (Lipinski definition) is 0. The molecule has 0 amide bonds. The fourth-order valence-corrected chi connectivity index (χ4v) is 2.39. The van der Waals surface area contributed by atoms with Crippen LogP contribution in [-0.2, 0) is 0 Å². The number of alkyl halides is 2. The van der Waals surface area contributed by atoms with E-state index in [9.17, 15) is 8.78 Å². The second kappa shape index (κ2) is 7.08. The number of fused-ring (bicyclic) bond motifs is 1. The van der Waals surface area contributed by atoms with Gasteiger partial charge in [0.1, 0.15) is 0 Å². The van der Waals surface area contributed by atoms with E-state index >= 15 is 0 Å². The summed E-state index contributed by atoms with van der Waals surface area (Å²) in [5, 5.41) is 1.04. The number of halogens is 2. The summed E-state index contributed by atoms with van der Waals surface area (Å²) < 4.78 is 35.0. The SMILES string of the molecule is COc1cccc(/C=C/c2ccc3ccccc3n2)c1OC(F)F. The van der Waals surface area contributed by atoms with E-state index in [0.29, 0.717) is 5.56 Å². The fraction of sp³-hybridized carbons (Fsp3) is 0.105. The van der Waals surface area contributed by atoms with E-state index in [1.165, 1.54) is 7.11 Å². The number of hydrogen-bond acceptors (Lipinski definition) is 3. The number of methoxy groups -OCH3 is 1. The smallest absolute Gasteiger partial charge is 0.387 e. The number of pyridine rings is 1. The summed E-state index contributed by atoms with van der Waals surface area (Å²) in [5.74, 6) is 0.260. The molecule has 3 nitrogen and oxygen atoms in total. The van der Waals surface area contributed by atoms with Gasteiger partial charge >= 0.3 is 6.61 Å². The quantitative estimate of drug-likeness (QED) is 0.660. The second-order valence-corrected chi connectivity index (χ2v) is 5.02. The van der Waals surface area contributed by atoms with Crippen molar-refractivity contribution in [3.63, 3.8) is 0 Å². The molecule has 0 spiro atoms. The Kier molecular flexibility index (Phi) is 4.70. The molecule has 122 valence electrons. The Morgan fingerprint density at radius 2 is 1.79 bits per heavy atom. The molecule has 0 atom stereocenters. The van der Waals surface area contributed by atoms with Crippen molar-refractivity contribution < 1.29 is 18.3 Å². The van der Waals surface area contributed by atoms with Gasteiger partial charge in [-0.3, -0.25) is 0 Å². The molecule has 0 aliphatic heterocycles. The van der Waals surface area contributed by atoms with Crippen LogP contribution in [0.3, 0.4) is 0 Å². The molecule has 1 aromatic heterocycles. The monoisotopic (exact) mass is 327 g/mol. The van der Waals surface area contributed by atoms with Crippen LogP contribution in [0, 0.1) is 0 Å². The Hall–Kier alpha value is -2.95. The standard InChI is InChI=1S/C19H15F2NO2/c1-23-17-8-4-6-14(18(17)24-19(20)21)10-12-15-11-9-13-5-2-3-7-16(13)22-15/h2-12,19H,1H3/b12-10+. The number of nitrogens with zero attached hydrogens (tertiary/aromatic N) is 1. The molecule has 0 unspecified atom stereocenters. The molecule has 5 heteroatoms. The maximum Gasteiger partial charge on any atom is 0.387 e. The number of ether oxygens (including phenoxy) is 2. The van der Waals surface area contributed by atoms with Gasteiger partial charge in [-0.25, -0.2) is 4.98 Å². The summed E-state index contributed by atoms with van der Waals surface area (Å²) in [4.78, 5) is 4.52. The van der Waals surface area contributed by atoms with Crippen LogP contribution in [-0.4, -0.2) is 18.7 Å². The summed E-state index contributed by atoms with van der Waals surface area (Å²) in [7, 11) is 1.41. The normalized spacial score (nSPS) is 11.3. The summed E-state index contributed by atoms with van der Waals surface area (Å²) in [6.07, 6.45) is 3.43. The number of para-hydroxylation sites is 2. The van der Waals surface area contributed by atoms with Crippen LogP contribution < -0.4 is 9.47 Å². The number of aromatic nitrogens is 1. The van der Waals surface area contributed by atoms with Gasteiger partial charge in [-0.15, -0.1) is 0 Å². The summed E-state index contributed by atoms with van der Waals surface area (Å²) in [6.45, 7) is -2.92. The average molecular weight is 327 g/mol. The van der Waals surface area contributed by atoms with Crippen molar-refractivity contribution in [1.29, 1.82) is 0 Å². The third-order valence-corrected chi connectivity index (χ3v) is 3.49. The van der Waals surface area contributed by atoms with Crippen LogP contribution in [0.2, 0.25) is 0 Å². The van der Waals surface area contributed by atoms with Gasteiger partial charge < -0.3 is 9.47 Å². The summed E-state index contributed by atoms with van der Waals surface area (Å²) in [5.41, 5.74) is 2.08. The van der Waals surface area contributed by atoms with Crippen LogP contribution in [0.15, 0.2) is 54.6 Å². The summed E-state index contributed by atoms with van der Waals surface area (Å²) in [6, 6.07) is 16.6. The van der Waals surface area contributed by atoms with Gasteiger partial charge in [0.25, 0.3) is 0 Å². The Balaban J connectivity index is 1.95. The van der Waals surface area contributed by atoms with Crippen molar-refractivity contribution >= 4 is 23.1 Å². The lowest BCUT2D eigenvalue weighted by molar-refractivity contribution is -0.0513. The van der Waals surface area contributed by atoms with Gasteiger partial charge in [-0.1, -0.05) is 36.4 Å². The van der Waals surface area contributed by atoms with Crippen molar-refractivity contribution in [2.45, 2.75) is 6.61 Å². The minimum atomic E-state index is -2.92. The van der Waals surface area contributed by atoms with Gasteiger partial charge in [0.15, 0.2) is 11.5 Å². The third kappa shape index (κ3) is 3.51. The van der Waals surface area contributed by atoms with Crippen molar-refractivity contribution in [2.24, 2.45) is 0 Å². The van der Waals surface area contributed by atoms with Crippen molar-refractivity contribution in [3.8, 4) is 11.5 Å². The minimum absolute atomic E-state index is 0.00652. The predicted octanol–water partition coefficient (Wildman–Crippen LogP) is 5.02. The first-order chi connectivity index (χ1) is 11.7. The maximum atomic E-state index is 12.6. The highest BCUT2D eigenvalue weighted by atomic mass is 19.3. The van der Waals surface area contributed by atoms with E-state index < -0.39 is 6.61 Å². The average Bonchev–Trinajstić information content (AvgIpc) is 2.60. The molecule has 0 saturated heterocycles. The highest BCUT2D eigenvalue weighted by Crippen LogP contribution is 2.33. The first kappa shape index (κ1) is 15.9. The Morgan fingerprint density at radius 3 is 2.58 bits per heavy atom. The lowest BCUT2D eigenvalue weighted by Gasteiger charge is -2.12. The summed E-state index contributed by atoms with van der Waals surface area (Å²) >= 11 is 0. The van der Waals surface area contributed by atoms with Crippen molar-refractivity contribution in [3.05, 3.63) is 65.9 Å². The molecule has 0 fully saturated rings. The maximum absolute atomic E-state index is 12.6. The molecule has 0 N–H and O–H groups in total. The molecule has 0 aliphatic carbocycles. The lowest BCUT2D eigenvalue weighted by Crippen LogP contribution is -2.04. The molecule has 3 rings (SSSR count). The van der Waals surface area contributed by atoms with Gasteiger partial charge in [0, 0.05) is 10.9 Å². The second-order valence-electron chi connectivity index (χ2n) is 5.02. The van der Waals surface area contributed by atoms with E-state index in [-0.39, 0.29) is 11.5 Å². The first-order valence-corrected chi connectivity index (χ1v) is 7.33. The molecule has 0 aliphatic rings. The van der Waals surface area contributed by atoms with Gasteiger partial charge in [0.05, 0.1) is 18.3 Å². The fourth-order valence-electron chi connectivity index (χ4n) is 2.39. The van der Waals surface area contributed by atoms with Crippen LogP contribution >= 0.6 is 0 Å². The van der Waals surface area contributed by atoms with E-state index in [1.807, 2.05) is 36.4 Å². The van der Waals surface area contributed by atoms with Crippen LogP contribution in [0.1, 0.15) is 11.3 Å². The molecule has 24 heavy (non-hydrogen) atoms. The largest absolute Gasteiger partial charge is 0.493 e. The van der Waals surface area contributed by atoms with E-state index in [0.717, 1.165) is 16.6 Å². The molecule has 1 heterocycles. The van der Waals surface area contributed by atoms with Crippen LogP contribution in [0.5, 0.6) is 11.5 Å². The molecular weight excluding hydrogens is 312 g/mol. The highest BCUT2D eigenvalue weighted by molar-refractivity contribution is 5.81. The van der Waals surface area contributed by atoms with E-state index in [1.54, 1.807) is 30.4 Å². The Morgan fingerprint density at radius 1 is 0.958 bits per heavy atom. The van der Waals surface area contributed by atoms with Gasteiger partial charge in [-0.05, 0) is 30.4 Å². The van der Waals surface area contributed by atoms with E-state index in [2.05, 4.69) is 9.72 Å². The zero-order chi connectivity index (χ0) is 16.9. The minimum Gasteiger partial charge on any atom is -0.493 e. The zero-order valence-electron chi connectivity index (χ0n) is 12.9. The number of rotatable bonds is 5. The molecule has 2 aromatic carbocycles. The zero-order valence-corrected chi connectivity index (χ0v) is 12.9. The third-order valence-electron chi connectivity index (χ3n) is 3.49. The van der Waals surface area contributed by atoms with Crippen LogP contribution in [0.25, 0.3) is 23.1 Å². The first-order valence-electron chi connectivity index (χ1n) is 7.33. The molecule has 0 saturated carbocycles. The lowest BCUT2D eigenvalue weighted by atomic mass is 10.1. The molecule has 3 aromatic rings. The topological polar surface area (TPSA) is 31.4 Å². The molecular formula is C19H15F2NO2. The van der Waals surface area contributed by atoms with Gasteiger partial charge in [0.2, 0.25) is 0 Å². The van der Waals surface area contributed by atoms with Crippen LogP contribution in [0.4, 0.5) is 8.78 Å². The Bertz CT molecular complexity index is 878.